The Balaban J connectivity index is 2.32. The van der Waals surface area contributed by atoms with E-state index in [0.717, 1.165) is 0 Å². The van der Waals surface area contributed by atoms with Gasteiger partial charge in [0.05, 0.1) is 0 Å². The minimum Gasteiger partial charge on any atom is -0.0804 e. The molecular weight excluding hydrogens is 168 g/mol. The molecule has 0 N–H and O–H groups in total. The molecule has 0 atom stereocenters. The summed E-state index contributed by atoms with van der Waals surface area (Å²) in [7, 11) is 0. The van der Waals surface area contributed by atoms with Crippen LogP contribution < -0.4 is 0 Å². The Morgan fingerprint density at radius 2 is 1.64 bits per heavy atom. The van der Waals surface area contributed by atoms with Gasteiger partial charge in [0.25, 0.3) is 0 Å². The third kappa shape index (κ3) is 1.07. The molecule has 0 fully saturated rings. The molecule has 0 amide bonds. The van der Waals surface area contributed by atoms with Crippen molar-refractivity contribution in [1.82, 2.24) is 0 Å². The number of hydrogen-bond donors (Lipinski definition) is 0. The van der Waals surface area contributed by atoms with Gasteiger partial charge in [0.15, 0.2) is 0 Å². The summed E-state index contributed by atoms with van der Waals surface area (Å²) in [5.74, 6) is 0. The molecule has 0 saturated carbocycles. The maximum Gasteiger partial charge on any atom is -0.0109 e. The van der Waals surface area contributed by atoms with E-state index in [2.05, 4.69) is 48.5 Å². The van der Waals surface area contributed by atoms with E-state index in [-0.39, 0.29) is 0 Å². The normalized spacial score (nSPS) is 15.0. The van der Waals surface area contributed by atoms with Crippen molar-refractivity contribution in [3.63, 3.8) is 0 Å². The van der Waals surface area contributed by atoms with Gasteiger partial charge in [-0.15, -0.1) is 0 Å². The standard InChI is InChI=1S/C14H12/c1-2-9-13-11(5-1)8-4-10-14(13)12-6-3-7-12/h1-2,4-6,8-10H,3,7H2. The SMILES string of the molecule is C1=C(c2cccc3ccccc23)CC1. The largest absolute Gasteiger partial charge is 0.0804 e. The lowest BCUT2D eigenvalue weighted by atomic mass is 9.89. The van der Waals surface area contributed by atoms with E-state index in [0.29, 0.717) is 0 Å². The number of allylic oxidation sites excluding steroid dienone is 2. The van der Waals surface area contributed by atoms with E-state index >= 15 is 0 Å². The van der Waals surface area contributed by atoms with Crippen molar-refractivity contribution in [3.05, 3.63) is 54.1 Å². The number of fused-ring (bicyclic) bond motifs is 1. The highest BCUT2D eigenvalue weighted by Crippen LogP contribution is 2.33. The predicted molar refractivity (Wildman–Crippen MR) is 61.2 cm³/mol. The maximum atomic E-state index is 2.34. The molecule has 14 heavy (non-hydrogen) atoms. The molecule has 1 aliphatic carbocycles. The van der Waals surface area contributed by atoms with Crippen LogP contribution >= 0.6 is 0 Å². The first-order chi connectivity index (χ1) is 6.95. The summed E-state index contributed by atoms with van der Waals surface area (Å²) < 4.78 is 0. The molecule has 68 valence electrons. The molecule has 2 aromatic rings. The Labute approximate surface area is 83.9 Å². The number of rotatable bonds is 1. The topological polar surface area (TPSA) is 0 Å². The highest BCUT2D eigenvalue weighted by Gasteiger charge is 2.10. The quantitative estimate of drug-likeness (QED) is 0.621. The molecule has 0 radical (unpaired) electrons. The molecule has 2 aromatic carbocycles. The van der Waals surface area contributed by atoms with Gasteiger partial charge in [0, 0.05) is 0 Å². The average molecular weight is 180 g/mol. The van der Waals surface area contributed by atoms with Crippen molar-refractivity contribution in [3.8, 4) is 0 Å². The molecule has 1 aliphatic rings. The fraction of sp³-hybridized carbons (Fsp3) is 0.143. The molecule has 0 bridgehead atoms. The first-order valence-electron chi connectivity index (χ1n) is 5.12. The van der Waals surface area contributed by atoms with Crippen molar-refractivity contribution in [1.29, 1.82) is 0 Å². The van der Waals surface area contributed by atoms with Gasteiger partial charge in [-0.05, 0) is 34.8 Å². The molecule has 0 spiro atoms. The van der Waals surface area contributed by atoms with Crippen molar-refractivity contribution in [2.75, 3.05) is 0 Å². The van der Waals surface area contributed by atoms with E-state index in [1.54, 1.807) is 0 Å². The molecule has 0 aliphatic heterocycles. The third-order valence-corrected chi connectivity index (χ3v) is 2.94. The van der Waals surface area contributed by atoms with E-state index in [9.17, 15) is 0 Å². The summed E-state index contributed by atoms with van der Waals surface area (Å²) in [4.78, 5) is 0. The molecule has 0 aromatic heterocycles. The van der Waals surface area contributed by atoms with Gasteiger partial charge in [0.2, 0.25) is 0 Å². The Kier molecular flexibility index (Phi) is 1.66. The Hall–Kier alpha value is -1.56. The Bertz CT molecular complexity index is 501. The smallest absolute Gasteiger partial charge is 0.0109 e. The van der Waals surface area contributed by atoms with Crippen LogP contribution in [0.25, 0.3) is 16.3 Å². The van der Waals surface area contributed by atoms with Crippen molar-refractivity contribution in [2.24, 2.45) is 0 Å². The third-order valence-electron chi connectivity index (χ3n) is 2.94. The molecule has 0 nitrogen and oxygen atoms in total. The van der Waals surface area contributed by atoms with Crippen LogP contribution in [0.1, 0.15) is 18.4 Å². The number of benzene rings is 2. The van der Waals surface area contributed by atoms with Gasteiger partial charge in [-0.1, -0.05) is 48.5 Å². The molecule has 0 heterocycles. The van der Waals surface area contributed by atoms with Crippen molar-refractivity contribution >= 4 is 16.3 Å². The van der Waals surface area contributed by atoms with Crippen LogP contribution in [0.15, 0.2) is 48.5 Å². The first-order valence-corrected chi connectivity index (χ1v) is 5.12. The summed E-state index contributed by atoms with van der Waals surface area (Å²) in [6, 6.07) is 15.2. The zero-order valence-electron chi connectivity index (χ0n) is 8.03. The summed E-state index contributed by atoms with van der Waals surface area (Å²) >= 11 is 0. The van der Waals surface area contributed by atoms with Gasteiger partial charge in [-0.25, -0.2) is 0 Å². The van der Waals surface area contributed by atoms with Crippen LogP contribution in [0.3, 0.4) is 0 Å². The van der Waals surface area contributed by atoms with Crippen LogP contribution in [0.4, 0.5) is 0 Å². The molecule has 0 saturated heterocycles. The molecular formula is C14H12. The predicted octanol–water partition coefficient (Wildman–Crippen LogP) is 4.02. The second-order valence-corrected chi connectivity index (χ2v) is 3.79. The van der Waals surface area contributed by atoms with Gasteiger partial charge in [-0.3, -0.25) is 0 Å². The van der Waals surface area contributed by atoms with Crippen LogP contribution in [-0.4, -0.2) is 0 Å². The van der Waals surface area contributed by atoms with E-state index < -0.39 is 0 Å². The fourth-order valence-corrected chi connectivity index (χ4v) is 2.04. The van der Waals surface area contributed by atoms with Crippen LogP contribution in [0.5, 0.6) is 0 Å². The lowest BCUT2D eigenvalue weighted by molar-refractivity contribution is 0.991. The maximum absolute atomic E-state index is 2.34. The summed E-state index contributed by atoms with van der Waals surface area (Å²) in [5, 5.41) is 2.73. The van der Waals surface area contributed by atoms with E-state index in [1.165, 1.54) is 34.8 Å². The zero-order valence-corrected chi connectivity index (χ0v) is 8.03. The molecule has 0 heteroatoms. The number of hydrogen-bond acceptors (Lipinski definition) is 0. The first kappa shape index (κ1) is 7.81. The lowest BCUT2D eigenvalue weighted by Gasteiger charge is -2.16. The lowest BCUT2D eigenvalue weighted by Crippen LogP contribution is -1.93. The van der Waals surface area contributed by atoms with E-state index in [1.807, 2.05) is 0 Å². The summed E-state index contributed by atoms with van der Waals surface area (Å²) in [6.07, 6.45) is 4.83. The van der Waals surface area contributed by atoms with E-state index in [4.69, 9.17) is 0 Å². The van der Waals surface area contributed by atoms with Crippen molar-refractivity contribution < 1.29 is 0 Å². The zero-order chi connectivity index (χ0) is 9.38. The summed E-state index contributed by atoms with van der Waals surface area (Å²) in [5.41, 5.74) is 2.94. The van der Waals surface area contributed by atoms with Crippen molar-refractivity contribution in [2.45, 2.75) is 12.8 Å². The second-order valence-electron chi connectivity index (χ2n) is 3.79. The molecule has 3 rings (SSSR count). The summed E-state index contributed by atoms with van der Waals surface area (Å²) in [6.45, 7) is 0. The Morgan fingerprint density at radius 3 is 2.43 bits per heavy atom. The van der Waals surface area contributed by atoms with Crippen LogP contribution in [0.2, 0.25) is 0 Å². The molecule has 0 unspecified atom stereocenters. The Morgan fingerprint density at radius 1 is 0.857 bits per heavy atom. The highest BCUT2D eigenvalue weighted by molar-refractivity contribution is 5.94. The minimum absolute atomic E-state index is 1.24. The van der Waals surface area contributed by atoms with Gasteiger partial charge >= 0.3 is 0 Å². The monoisotopic (exact) mass is 180 g/mol. The van der Waals surface area contributed by atoms with Gasteiger partial charge < -0.3 is 0 Å². The van der Waals surface area contributed by atoms with Crippen LogP contribution in [-0.2, 0) is 0 Å². The van der Waals surface area contributed by atoms with Gasteiger partial charge in [0.1, 0.15) is 0 Å². The van der Waals surface area contributed by atoms with Gasteiger partial charge in [-0.2, -0.15) is 0 Å². The van der Waals surface area contributed by atoms with Crippen LogP contribution in [0, 0.1) is 0 Å². The fourth-order valence-electron chi connectivity index (χ4n) is 2.04. The average Bonchev–Trinajstić information content (AvgIpc) is 2.16. The minimum atomic E-state index is 1.24. The second kappa shape index (κ2) is 2.98. The highest BCUT2D eigenvalue weighted by atomic mass is 14.1.